The summed E-state index contributed by atoms with van der Waals surface area (Å²) in [5.74, 6) is 0.677. The third kappa shape index (κ3) is 5.25. The first-order valence-electron chi connectivity index (χ1n) is 8.78. The number of nitrogens with zero attached hydrogens (tertiary/aromatic N) is 2. The molecule has 2 rings (SSSR count). The molecule has 1 fully saturated rings. The smallest absolute Gasteiger partial charge is 0.317 e. The van der Waals surface area contributed by atoms with Gasteiger partial charge in [0.15, 0.2) is 0 Å². The summed E-state index contributed by atoms with van der Waals surface area (Å²) in [5, 5.41) is 3.07. The number of rotatable bonds is 4. The summed E-state index contributed by atoms with van der Waals surface area (Å²) in [4.78, 5) is 28.3. The zero-order chi connectivity index (χ0) is 17.5. The van der Waals surface area contributed by atoms with Crippen molar-refractivity contribution in [1.29, 1.82) is 0 Å². The summed E-state index contributed by atoms with van der Waals surface area (Å²) in [5.41, 5.74) is 0.962. The van der Waals surface area contributed by atoms with Crippen molar-refractivity contribution in [3.63, 3.8) is 0 Å². The van der Waals surface area contributed by atoms with Gasteiger partial charge in [-0.05, 0) is 30.7 Å². The number of carbonyl (C=O) groups is 2. The van der Waals surface area contributed by atoms with Gasteiger partial charge in [-0.25, -0.2) is 4.79 Å². The lowest BCUT2D eigenvalue weighted by atomic mass is 10.0. The number of benzene rings is 1. The molecule has 2 atom stereocenters. The maximum Gasteiger partial charge on any atom is 0.317 e. The van der Waals surface area contributed by atoms with Gasteiger partial charge in [0.2, 0.25) is 5.91 Å². The summed E-state index contributed by atoms with van der Waals surface area (Å²) >= 11 is 0. The van der Waals surface area contributed by atoms with Crippen LogP contribution in [0.4, 0.5) is 4.79 Å². The van der Waals surface area contributed by atoms with Crippen LogP contribution in [0.1, 0.15) is 44.2 Å². The van der Waals surface area contributed by atoms with Crippen LogP contribution < -0.4 is 5.32 Å². The lowest BCUT2D eigenvalue weighted by Crippen LogP contribution is -2.43. The molecule has 1 aliphatic heterocycles. The fraction of sp³-hybridized carbons (Fsp3) is 0.579. The fourth-order valence-electron chi connectivity index (χ4n) is 3.00. The number of hydrogen-bond acceptors (Lipinski definition) is 2. The van der Waals surface area contributed by atoms with Crippen LogP contribution >= 0.6 is 0 Å². The van der Waals surface area contributed by atoms with Crippen molar-refractivity contribution in [3.05, 3.63) is 35.9 Å². The molecule has 5 nitrogen and oxygen atoms in total. The summed E-state index contributed by atoms with van der Waals surface area (Å²) in [6, 6.07) is 9.35. The molecule has 1 aromatic carbocycles. The van der Waals surface area contributed by atoms with E-state index < -0.39 is 0 Å². The third-order valence-electron chi connectivity index (χ3n) is 4.68. The van der Waals surface area contributed by atoms with Crippen LogP contribution in [0, 0.1) is 5.92 Å². The predicted octanol–water partition coefficient (Wildman–Crippen LogP) is 3.04. The van der Waals surface area contributed by atoms with E-state index in [2.05, 4.69) is 12.2 Å². The van der Waals surface area contributed by atoms with Crippen LogP contribution in [0.3, 0.4) is 0 Å². The van der Waals surface area contributed by atoms with Gasteiger partial charge in [0.05, 0.1) is 12.5 Å². The minimum atomic E-state index is -0.297. The van der Waals surface area contributed by atoms with Gasteiger partial charge in [0.25, 0.3) is 0 Å². The van der Waals surface area contributed by atoms with Gasteiger partial charge in [-0.2, -0.15) is 0 Å². The topological polar surface area (TPSA) is 52.7 Å². The van der Waals surface area contributed by atoms with Gasteiger partial charge < -0.3 is 15.1 Å². The van der Waals surface area contributed by atoms with Crippen molar-refractivity contribution in [2.45, 2.75) is 38.6 Å². The van der Waals surface area contributed by atoms with Crippen LogP contribution in [-0.2, 0) is 4.79 Å². The van der Waals surface area contributed by atoms with E-state index in [9.17, 15) is 9.59 Å². The van der Waals surface area contributed by atoms with E-state index in [1.807, 2.05) is 35.2 Å². The molecule has 0 radical (unpaired) electrons. The van der Waals surface area contributed by atoms with Gasteiger partial charge in [-0.3, -0.25) is 4.79 Å². The molecule has 0 bridgehead atoms. The van der Waals surface area contributed by atoms with Gasteiger partial charge in [0.1, 0.15) is 0 Å². The highest BCUT2D eigenvalue weighted by molar-refractivity contribution is 5.79. The Hall–Kier alpha value is -2.04. The van der Waals surface area contributed by atoms with Crippen molar-refractivity contribution in [1.82, 2.24) is 15.1 Å². The van der Waals surface area contributed by atoms with E-state index in [4.69, 9.17) is 0 Å². The first-order chi connectivity index (χ1) is 11.5. The highest BCUT2D eigenvalue weighted by Crippen LogP contribution is 2.20. The molecule has 1 aromatic rings. The maximum absolute atomic E-state index is 12.7. The summed E-state index contributed by atoms with van der Waals surface area (Å²) in [6.45, 7) is 3.82. The Morgan fingerprint density at radius 1 is 1.21 bits per heavy atom. The molecule has 1 aliphatic rings. The highest BCUT2D eigenvalue weighted by atomic mass is 16.2. The van der Waals surface area contributed by atoms with E-state index in [1.165, 1.54) is 6.42 Å². The molecule has 0 aromatic heterocycles. The first kappa shape index (κ1) is 18.3. The van der Waals surface area contributed by atoms with Crippen LogP contribution in [0.25, 0.3) is 0 Å². The Labute approximate surface area is 145 Å². The quantitative estimate of drug-likeness (QED) is 0.922. The number of amides is 3. The SMILES string of the molecule is C[C@@H]1CCCN(C(=O)N[C@@H](CC(=O)N(C)C)c2ccccc2)CC1. The number of likely N-dealkylation sites (tertiary alicyclic amines) is 1. The minimum absolute atomic E-state index is 0.00800. The molecule has 24 heavy (non-hydrogen) atoms. The van der Waals surface area contributed by atoms with Crippen molar-refractivity contribution in [2.24, 2.45) is 5.92 Å². The molecular weight excluding hydrogens is 302 g/mol. The summed E-state index contributed by atoms with van der Waals surface area (Å²) in [7, 11) is 3.48. The second-order valence-electron chi connectivity index (χ2n) is 6.93. The first-order valence-corrected chi connectivity index (χ1v) is 8.78. The molecule has 0 aliphatic carbocycles. The van der Waals surface area contributed by atoms with E-state index in [0.29, 0.717) is 5.92 Å². The minimum Gasteiger partial charge on any atom is -0.349 e. The number of urea groups is 1. The normalized spacial score (nSPS) is 19.3. The van der Waals surface area contributed by atoms with E-state index in [0.717, 1.165) is 31.5 Å². The summed E-state index contributed by atoms with van der Waals surface area (Å²) in [6.07, 6.45) is 3.53. The molecule has 0 spiro atoms. The van der Waals surface area contributed by atoms with E-state index >= 15 is 0 Å². The Bertz CT molecular complexity index is 545. The van der Waals surface area contributed by atoms with Gasteiger partial charge in [-0.15, -0.1) is 0 Å². The Morgan fingerprint density at radius 2 is 1.92 bits per heavy atom. The molecule has 5 heteroatoms. The van der Waals surface area contributed by atoms with Crippen molar-refractivity contribution < 1.29 is 9.59 Å². The van der Waals surface area contributed by atoms with Gasteiger partial charge in [0, 0.05) is 27.2 Å². The van der Waals surface area contributed by atoms with Crippen LogP contribution in [0.2, 0.25) is 0 Å². The molecule has 3 amide bonds. The third-order valence-corrected chi connectivity index (χ3v) is 4.68. The average molecular weight is 331 g/mol. The largest absolute Gasteiger partial charge is 0.349 e. The predicted molar refractivity (Wildman–Crippen MR) is 95.6 cm³/mol. The number of nitrogens with one attached hydrogen (secondary N) is 1. The van der Waals surface area contributed by atoms with Crippen LogP contribution in [0.5, 0.6) is 0 Å². The average Bonchev–Trinajstić information content (AvgIpc) is 2.79. The number of carbonyl (C=O) groups excluding carboxylic acids is 2. The second-order valence-corrected chi connectivity index (χ2v) is 6.93. The summed E-state index contributed by atoms with van der Waals surface area (Å²) < 4.78 is 0. The number of hydrogen-bond donors (Lipinski definition) is 1. The Kier molecular flexibility index (Phi) is 6.64. The molecule has 0 saturated carbocycles. The standard InChI is InChI=1S/C19H29N3O2/c1-15-8-7-12-22(13-11-15)19(24)20-17(14-18(23)21(2)3)16-9-5-4-6-10-16/h4-6,9-10,15,17H,7-8,11-14H2,1-3H3,(H,20,24)/t15-,17+/m1/s1. The molecule has 1 heterocycles. The molecule has 0 unspecified atom stereocenters. The van der Waals surface area contributed by atoms with Crippen molar-refractivity contribution in [3.8, 4) is 0 Å². The van der Waals surface area contributed by atoms with Gasteiger partial charge in [-0.1, -0.05) is 37.3 Å². The fourth-order valence-corrected chi connectivity index (χ4v) is 3.00. The van der Waals surface area contributed by atoms with Gasteiger partial charge >= 0.3 is 6.03 Å². The molecule has 1 saturated heterocycles. The van der Waals surface area contributed by atoms with Crippen LogP contribution in [0.15, 0.2) is 30.3 Å². The zero-order valence-electron chi connectivity index (χ0n) is 15.0. The van der Waals surface area contributed by atoms with E-state index in [-0.39, 0.29) is 24.4 Å². The monoisotopic (exact) mass is 331 g/mol. The molecule has 132 valence electrons. The lowest BCUT2D eigenvalue weighted by molar-refractivity contribution is -0.129. The van der Waals surface area contributed by atoms with Crippen LogP contribution in [-0.4, -0.2) is 48.9 Å². The Balaban J connectivity index is 2.06. The highest BCUT2D eigenvalue weighted by Gasteiger charge is 2.23. The van der Waals surface area contributed by atoms with E-state index in [1.54, 1.807) is 19.0 Å². The Morgan fingerprint density at radius 3 is 2.58 bits per heavy atom. The van der Waals surface area contributed by atoms with Crippen molar-refractivity contribution >= 4 is 11.9 Å². The molecule has 1 N–H and O–H groups in total. The lowest BCUT2D eigenvalue weighted by Gasteiger charge is -2.26. The maximum atomic E-state index is 12.7. The molecular formula is C19H29N3O2. The zero-order valence-corrected chi connectivity index (χ0v) is 15.0. The second kappa shape index (κ2) is 8.71. The van der Waals surface area contributed by atoms with Crippen molar-refractivity contribution in [2.75, 3.05) is 27.2 Å².